The van der Waals surface area contributed by atoms with Gasteiger partial charge in [-0.3, -0.25) is 0 Å². The Morgan fingerprint density at radius 2 is 2.15 bits per heavy atom. The first kappa shape index (κ1) is 8.10. The molecule has 1 heterocycles. The van der Waals surface area contributed by atoms with Gasteiger partial charge in [0.05, 0.1) is 0 Å². The number of nitrogens with two attached hydrogens (primary N) is 1. The number of fused-ring (bicyclic) bond motifs is 1. The van der Waals surface area contributed by atoms with Crippen molar-refractivity contribution in [2.45, 2.75) is 19.8 Å². The molecule has 0 amide bonds. The smallest absolute Gasteiger partial charge is 0.198 e. The monoisotopic (exact) mass is 176 g/mol. The van der Waals surface area contributed by atoms with Crippen LogP contribution in [0.2, 0.25) is 0 Å². The predicted octanol–water partition coefficient (Wildman–Crippen LogP) is 2.53. The van der Waals surface area contributed by atoms with E-state index in [0.29, 0.717) is 5.92 Å². The van der Waals surface area contributed by atoms with E-state index in [1.54, 1.807) is 0 Å². The van der Waals surface area contributed by atoms with Crippen molar-refractivity contribution in [3.63, 3.8) is 0 Å². The van der Waals surface area contributed by atoms with Gasteiger partial charge in [-0.2, -0.15) is 0 Å². The number of hydrogen-bond acceptors (Lipinski definition) is 3. The highest BCUT2D eigenvalue weighted by Crippen LogP contribution is 2.22. The first-order valence-electron chi connectivity index (χ1n) is 4.33. The molecule has 3 nitrogen and oxygen atoms in total. The Morgan fingerprint density at radius 3 is 2.85 bits per heavy atom. The van der Waals surface area contributed by atoms with E-state index in [1.165, 1.54) is 0 Å². The van der Waals surface area contributed by atoms with Gasteiger partial charge in [0, 0.05) is 11.6 Å². The molecular formula is C10H12N2O. The fourth-order valence-corrected chi connectivity index (χ4v) is 1.21. The molecule has 0 aliphatic rings. The molecule has 0 spiro atoms. The van der Waals surface area contributed by atoms with Crippen LogP contribution in [0.25, 0.3) is 11.1 Å². The Balaban J connectivity index is 2.62. The van der Waals surface area contributed by atoms with Gasteiger partial charge >= 0.3 is 0 Å². The van der Waals surface area contributed by atoms with Crippen molar-refractivity contribution in [2.24, 2.45) is 0 Å². The van der Waals surface area contributed by atoms with Crippen LogP contribution >= 0.6 is 0 Å². The molecule has 0 fully saturated rings. The van der Waals surface area contributed by atoms with Gasteiger partial charge < -0.3 is 10.2 Å². The maximum Gasteiger partial charge on any atom is 0.198 e. The Hall–Kier alpha value is -1.51. The van der Waals surface area contributed by atoms with Crippen LogP contribution in [0, 0.1) is 0 Å². The summed E-state index contributed by atoms with van der Waals surface area (Å²) in [5.74, 6) is 1.08. The SMILES string of the molecule is CC(C)c1nc2cc(N)ccc2o1. The van der Waals surface area contributed by atoms with E-state index in [2.05, 4.69) is 4.98 Å². The molecule has 0 unspecified atom stereocenters. The lowest BCUT2D eigenvalue weighted by atomic mass is 10.2. The third kappa shape index (κ3) is 1.37. The number of rotatable bonds is 1. The second-order valence-electron chi connectivity index (χ2n) is 3.43. The van der Waals surface area contributed by atoms with Crippen molar-refractivity contribution in [3.8, 4) is 0 Å². The second kappa shape index (κ2) is 2.76. The minimum absolute atomic E-state index is 0.314. The molecule has 0 saturated heterocycles. The maximum absolute atomic E-state index is 5.63. The van der Waals surface area contributed by atoms with Crippen LogP contribution in [-0.4, -0.2) is 4.98 Å². The molecule has 0 aliphatic carbocycles. The van der Waals surface area contributed by atoms with Gasteiger partial charge in [0.15, 0.2) is 11.5 Å². The number of oxazole rings is 1. The molecule has 0 bridgehead atoms. The molecule has 0 aliphatic heterocycles. The molecule has 0 radical (unpaired) electrons. The molecule has 1 aromatic carbocycles. The molecule has 1 aromatic heterocycles. The van der Waals surface area contributed by atoms with Crippen molar-refractivity contribution in [1.82, 2.24) is 4.98 Å². The summed E-state index contributed by atoms with van der Waals surface area (Å²) in [6.07, 6.45) is 0. The van der Waals surface area contributed by atoms with Crippen LogP contribution in [0.15, 0.2) is 22.6 Å². The normalized spacial score (nSPS) is 11.3. The summed E-state index contributed by atoms with van der Waals surface area (Å²) in [6.45, 7) is 4.10. The number of hydrogen-bond donors (Lipinski definition) is 1. The zero-order valence-corrected chi connectivity index (χ0v) is 7.74. The van der Waals surface area contributed by atoms with Crippen molar-refractivity contribution in [2.75, 3.05) is 5.73 Å². The van der Waals surface area contributed by atoms with Gasteiger partial charge in [-0.25, -0.2) is 4.98 Å². The number of aromatic nitrogens is 1. The van der Waals surface area contributed by atoms with E-state index < -0.39 is 0 Å². The van der Waals surface area contributed by atoms with E-state index in [0.717, 1.165) is 22.7 Å². The summed E-state index contributed by atoms with van der Waals surface area (Å²) >= 11 is 0. The summed E-state index contributed by atoms with van der Waals surface area (Å²) in [5.41, 5.74) is 7.99. The van der Waals surface area contributed by atoms with Crippen LogP contribution in [0.3, 0.4) is 0 Å². The number of nitrogens with zero attached hydrogens (tertiary/aromatic N) is 1. The first-order valence-corrected chi connectivity index (χ1v) is 4.33. The topological polar surface area (TPSA) is 52.0 Å². The summed E-state index contributed by atoms with van der Waals surface area (Å²) in [5, 5.41) is 0. The van der Waals surface area contributed by atoms with Crippen molar-refractivity contribution in [3.05, 3.63) is 24.1 Å². The van der Waals surface area contributed by atoms with Gasteiger partial charge in [0.25, 0.3) is 0 Å². The molecule has 0 saturated carbocycles. The maximum atomic E-state index is 5.63. The van der Waals surface area contributed by atoms with Crippen LogP contribution in [0.5, 0.6) is 0 Å². The van der Waals surface area contributed by atoms with Gasteiger partial charge in [-0.1, -0.05) is 13.8 Å². The van der Waals surface area contributed by atoms with E-state index in [-0.39, 0.29) is 0 Å². The Labute approximate surface area is 76.6 Å². The lowest BCUT2D eigenvalue weighted by molar-refractivity contribution is 0.501. The summed E-state index contributed by atoms with van der Waals surface area (Å²) in [4.78, 5) is 4.33. The third-order valence-corrected chi connectivity index (χ3v) is 1.92. The number of benzene rings is 1. The van der Waals surface area contributed by atoms with Gasteiger partial charge in [-0.15, -0.1) is 0 Å². The van der Waals surface area contributed by atoms with Gasteiger partial charge in [-0.05, 0) is 18.2 Å². The minimum Gasteiger partial charge on any atom is -0.440 e. The summed E-state index contributed by atoms with van der Waals surface area (Å²) in [6, 6.07) is 5.49. The average molecular weight is 176 g/mol. The zero-order valence-electron chi connectivity index (χ0n) is 7.74. The van der Waals surface area contributed by atoms with E-state index in [9.17, 15) is 0 Å². The zero-order chi connectivity index (χ0) is 9.42. The van der Waals surface area contributed by atoms with Crippen LogP contribution in [0.1, 0.15) is 25.7 Å². The van der Waals surface area contributed by atoms with Crippen LogP contribution in [-0.2, 0) is 0 Å². The third-order valence-electron chi connectivity index (χ3n) is 1.92. The summed E-state index contributed by atoms with van der Waals surface area (Å²) < 4.78 is 5.52. The molecule has 2 N–H and O–H groups in total. The minimum atomic E-state index is 0.314. The Kier molecular flexibility index (Phi) is 1.72. The molecule has 0 atom stereocenters. The van der Waals surface area contributed by atoms with E-state index in [4.69, 9.17) is 10.2 Å². The van der Waals surface area contributed by atoms with Gasteiger partial charge in [0.2, 0.25) is 0 Å². The van der Waals surface area contributed by atoms with Gasteiger partial charge in [0.1, 0.15) is 5.52 Å². The molecular weight excluding hydrogens is 164 g/mol. The molecule has 2 rings (SSSR count). The van der Waals surface area contributed by atoms with Crippen LogP contribution in [0.4, 0.5) is 5.69 Å². The number of anilines is 1. The fraction of sp³-hybridized carbons (Fsp3) is 0.300. The largest absolute Gasteiger partial charge is 0.440 e. The highest BCUT2D eigenvalue weighted by molar-refractivity contribution is 5.76. The first-order chi connectivity index (χ1) is 6.16. The van der Waals surface area contributed by atoms with E-state index >= 15 is 0 Å². The lowest BCUT2D eigenvalue weighted by Gasteiger charge is -1.93. The van der Waals surface area contributed by atoms with Crippen LogP contribution < -0.4 is 5.73 Å². The fourth-order valence-electron chi connectivity index (χ4n) is 1.21. The summed E-state index contributed by atoms with van der Waals surface area (Å²) in [7, 11) is 0. The van der Waals surface area contributed by atoms with E-state index in [1.807, 2.05) is 32.0 Å². The van der Waals surface area contributed by atoms with Crippen molar-refractivity contribution in [1.29, 1.82) is 0 Å². The van der Waals surface area contributed by atoms with Crippen molar-refractivity contribution >= 4 is 16.8 Å². The average Bonchev–Trinajstić information content (AvgIpc) is 2.46. The number of nitrogen functional groups attached to an aromatic ring is 1. The highest BCUT2D eigenvalue weighted by atomic mass is 16.3. The van der Waals surface area contributed by atoms with Crippen molar-refractivity contribution < 1.29 is 4.42 Å². The standard InChI is InChI=1S/C10H12N2O/c1-6(2)10-12-8-5-7(11)3-4-9(8)13-10/h3-6H,11H2,1-2H3. The molecule has 2 aromatic rings. The quantitative estimate of drug-likeness (QED) is 0.679. The molecule has 3 heteroatoms. The highest BCUT2D eigenvalue weighted by Gasteiger charge is 2.08. The lowest BCUT2D eigenvalue weighted by Crippen LogP contribution is -1.85. The molecule has 68 valence electrons. The second-order valence-corrected chi connectivity index (χ2v) is 3.43. The predicted molar refractivity (Wildman–Crippen MR) is 52.5 cm³/mol. The molecule has 13 heavy (non-hydrogen) atoms. The Morgan fingerprint density at radius 1 is 1.38 bits per heavy atom. The Bertz CT molecular complexity index is 431.